The van der Waals surface area contributed by atoms with Crippen LogP contribution >= 0.6 is 0 Å². The lowest BCUT2D eigenvalue weighted by Gasteiger charge is -2.22. The van der Waals surface area contributed by atoms with E-state index in [1.54, 1.807) is 0 Å². The molecular formula is C10H20N2O4. The molecule has 16 heavy (non-hydrogen) atoms. The van der Waals surface area contributed by atoms with Crippen molar-refractivity contribution >= 4 is 11.9 Å². The molecule has 0 aromatic heterocycles. The summed E-state index contributed by atoms with van der Waals surface area (Å²) in [6.45, 7) is 5.00. The van der Waals surface area contributed by atoms with Crippen LogP contribution in [0.2, 0.25) is 0 Å². The van der Waals surface area contributed by atoms with Gasteiger partial charge in [0.1, 0.15) is 0 Å². The molecule has 0 radical (unpaired) electrons. The van der Waals surface area contributed by atoms with Crippen LogP contribution in [0, 0.1) is 5.92 Å². The van der Waals surface area contributed by atoms with Crippen molar-refractivity contribution in [3.63, 3.8) is 0 Å². The van der Waals surface area contributed by atoms with Gasteiger partial charge in [-0.05, 0) is 12.8 Å². The molecule has 0 saturated heterocycles. The maximum Gasteiger partial charge on any atom is 0.328 e. The third-order valence-electron chi connectivity index (χ3n) is 2.61. The third kappa shape index (κ3) is 4.16. The number of aliphatic hydroxyl groups excluding tert-OH is 1. The van der Waals surface area contributed by atoms with Crippen molar-refractivity contribution in [3.8, 4) is 0 Å². The number of hydrogen-bond acceptors (Lipinski definition) is 4. The maximum atomic E-state index is 11.6. The summed E-state index contributed by atoms with van der Waals surface area (Å²) in [6.07, 6.45) is -0.438. The summed E-state index contributed by atoms with van der Waals surface area (Å²) >= 11 is 0. The van der Waals surface area contributed by atoms with E-state index < -0.39 is 30.1 Å². The van der Waals surface area contributed by atoms with Crippen molar-refractivity contribution in [1.82, 2.24) is 5.32 Å². The number of rotatable bonds is 6. The molecule has 94 valence electrons. The Bertz CT molecular complexity index is 255. The van der Waals surface area contributed by atoms with E-state index in [1.807, 2.05) is 13.8 Å². The summed E-state index contributed by atoms with van der Waals surface area (Å²) in [4.78, 5) is 22.3. The van der Waals surface area contributed by atoms with Gasteiger partial charge in [-0.2, -0.15) is 0 Å². The van der Waals surface area contributed by atoms with Gasteiger partial charge in [0.2, 0.25) is 5.91 Å². The molecule has 0 aromatic rings. The predicted octanol–water partition coefficient (Wildman–Crippen LogP) is -0.690. The van der Waals surface area contributed by atoms with E-state index >= 15 is 0 Å². The van der Waals surface area contributed by atoms with E-state index in [2.05, 4.69) is 5.32 Å². The van der Waals surface area contributed by atoms with Gasteiger partial charge < -0.3 is 21.3 Å². The summed E-state index contributed by atoms with van der Waals surface area (Å²) in [5.41, 5.74) is 5.63. The number of aliphatic hydroxyl groups is 1. The number of carbonyl (C=O) groups is 2. The molecule has 5 N–H and O–H groups in total. The first-order valence-corrected chi connectivity index (χ1v) is 5.28. The summed E-state index contributed by atoms with van der Waals surface area (Å²) in [6, 6.07) is -2.08. The first kappa shape index (κ1) is 14.9. The monoisotopic (exact) mass is 232 g/mol. The summed E-state index contributed by atoms with van der Waals surface area (Å²) in [5, 5.41) is 20.1. The van der Waals surface area contributed by atoms with Gasteiger partial charge in [0.25, 0.3) is 0 Å². The second-order valence-electron chi connectivity index (χ2n) is 3.98. The lowest BCUT2D eigenvalue weighted by Crippen LogP contribution is -2.54. The van der Waals surface area contributed by atoms with Crippen molar-refractivity contribution in [2.75, 3.05) is 0 Å². The SMILES string of the molecule is CC[C@H](C)[C@H](N)C(=O)N[C@H](C(=O)O)[C@H](C)O. The minimum absolute atomic E-state index is 0.0385. The Morgan fingerprint density at radius 2 is 1.88 bits per heavy atom. The van der Waals surface area contributed by atoms with Gasteiger partial charge in [0.15, 0.2) is 6.04 Å². The van der Waals surface area contributed by atoms with Gasteiger partial charge in [-0.25, -0.2) is 4.79 Å². The smallest absolute Gasteiger partial charge is 0.328 e. The first-order chi connectivity index (χ1) is 7.31. The molecule has 0 aromatic carbocycles. The van der Waals surface area contributed by atoms with Crippen LogP contribution in [-0.4, -0.2) is 40.3 Å². The molecule has 4 atom stereocenters. The minimum Gasteiger partial charge on any atom is -0.480 e. The molecule has 0 aliphatic rings. The van der Waals surface area contributed by atoms with Crippen molar-refractivity contribution in [1.29, 1.82) is 0 Å². The molecule has 1 amide bonds. The van der Waals surface area contributed by atoms with Crippen molar-refractivity contribution in [2.24, 2.45) is 11.7 Å². The molecule has 0 spiro atoms. The lowest BCUT2D eigenvalue weighted by molar-refractivity contribution is -0.145. The fourth-order valence-electron chi connectivity index (χ4n) is 1.15. The predicted molar refractivity (Wildman–Crippen MR) is 58.7 cm³/mol. The molecule has 6 nitrogen and oxygen atoms in total. The van der Waals surface area contributed by atoms with Gasteiger partial charge in [0.05, 0.1) is 12.1 Å². The van der Waals surface area contributed by atoms with Gasteiger partial charge in [0, 0.05) is 0 Å². The number of carbonyl (C=O) groups excluding carboxylic acids is 1. The largest absolute Gasteiger partial charge is 0.480 e. The Morgan fingerprint density at radius 3 is 2.19 bits per heavy atom. The quantitative estimate of drug-likeness (QED) is 0.484. The zero-order valence-corrected chi connectivity index (χ0v) is 9.80. The molecule has 0 saturated carbocycles. The maximum absolute atomic E-state index is 11.6. The summed E-state index contributed by atoms with van der Waals surface area (Å²) < 4.78 is 0. The Labute approximate surface area is 94.8 Å². The van der Waals surface area contributed by atoms with Crippen LogP contribution in [0.5, 0.6) is 0 Å². The zero-order chi connectivity index (χ0) is 12.9. The molecule has 0 unspecified atom stereocenters. The number of amides is 1. The lowest BCUT2D eigenvalue weighted by atomic mass is 9.99. The summed E-state index contributed by atoms with van der Waals surface area (Å²) in [7, 11) is 0. The highest BCUT2D eigenvalue weighted by Crippen LogP contribution is 2.06. The van der Waals surface area contributed by atoms with Crippen LogP contribution in [0.15, 0.2) is 0 Å². The standard InChI is InChI=1S/C10H20N2O4/c1-4-5(2)7(11)9(14)12-8(6(3)13)10(15)16/h5-8,13H,4,11H2,1-3H3,(H,12,14)(H,15,16)/t5-,6-,7-,8-/m0/s1. The van der Waals surface area contributed by atoms with E-state index in [0.29, 0.717) is 0 Å². The molecule has 0 aliphatic heterocycles. The highest BCUT2D eigenvalue weighted by molar-refractivity contribution is 5.87. The van der Waals surface area contributed by atoms with Crippen LogP contribution in [-0.2, 0) is 9.59 Å². The highest BCUT2D eigenvalue weighted by atomic mass is 16.4. The minimum atomic E-state index is -1.32. The fraction of sp³-hybridized carbons (Fsp3) is 0.800. The van der Waals surface area contributed by atoms with Crippen LogP contribution in [0.3, 0.4) is 0 Å². The van der Waals surface area contributed by atoms with Gasteiger partial charge >= 0.3 is 5.97 Å². The van der Waals surface area contributed by atoms with Gasteiger partial charge in [-0.3, -0.25) is 4.79 Å². The molecule has 0 rings (SSSR count). The highest BCUT2D eigenvalue weighted by Gasteiger charge is 2.28. The third-order valence-corrected chi connectivity index (χ3v) is 2.61. The molecule has 0 aliphatic carbocycles. The average Bonchev–Trinajstić information content (AvgIpc) is 2.22. The van der Waals surface area contributed by atoms with Crippen molar-refractivity contribution in [3.05, 3.63) is 0 Å². The number of aliphatic carboxylic acids is 1. The Hall–Kier alpha value is -1.14. The second-order valence-corrected chi connectivity index (χ2v) is 3.98. The van der Waals surface area contributed by atoms with E-state index in [0.717, 1.165) is 6.42 Å². The molecule has 0 heterocycles. The normalized spacial score (nSPS) is 18.3. The van der Waals surface area contributed by atoms with Crippen molar-refractivity contribution < 1.29 is 19.8 Å². The summed E-state index contributed by atoms with van der Waals surface area (Å²) in [5.74, 6) is -1.87. The van der Waals surface area contributed by atoms with E-state index in [9.17, 15) is 14.7 Å². The topological polar surface area (TPSA) is 113 Å². The Kier molecular flexibility index (Phi) is 5.98. The van der Waals surface area contributed by atoms with Gasteiger partial charge in [-0.15, -0.1) is 0 Å². The number of carboxylic acid groups (broad SMARTS) is 1. The molecule has 6 heteroatoms. The molecule has 0 fully saturated rings. The second kappa shape index (κ2) is 6.44. The van der Waals surface area contributed by atoms with Crippen LogP contribution in [0.25, 0.3) is 0 Å². The molecule has 0 bridgehead atoms. The van der Waals surface area contributed by atoms with Crippen LogP contribution < -0.4 is 11.1 Å². The van der Waals surface area contributed by atoms with E-state index in [-0.39, 0.29) is 5.92 Å². The Morgan fingerprint density at radius 1 is 1.38 bits per heavy atom. The fourth-order valence-corrected chi connectivity index (χ4v) is 1.15. The van der Waals surface area contributed by atoms with E-state index in [4.69, 9.17) is 10.8 Å². The number of carboxylic acids is 1. The first-order valence-electron chi connectivity index (χ1n) is 5.28. The van der Waals surface area contributed by atoms with E-state index in [1.165, 1.54) is 6.92 Å². The number of nitrogens with two attached hydrogens (primary N) is 1. The zero-order valence-electron chi connectivity index (χ0n) is 9.80. The van der Waals surface area contributed by atoms with Crippen molar-refractivity contribution in [2.45, 2.75) is 45.4 Å². The number of nitrogens with one attached hydrogen (secondary N) is 1. The number of hydrogen-bond donors (Lipinski definition) is 4. The Balaban J connectivity index is 4.46. The average molecular weight is 232 g/mol. The molecular weight excluding hydrogens is 212 g/mol. The van der Waals surface area contributed by atoms with Gasteiger partial charge in [-0.1, -0.05) is 20.3 Å². The van der Waals surface area contributed by atoms with Crippen LogP contribution in [0.4, 0.5) is 0 Å². The van der Waals surface area contributed by atoms with Crippen LogP contribution in [0.1, 0.15) is 27.2 Å².